The van der Waals surface area contributed by atoms with E-state index in [0.29, 0.717) is 0 Å². The van der Waals surface area contributed by atoms with Crippen molar-refractivity contribution in [3.05, 3.63) is 45.3 Å². The third-order valence-corrected chi connectivity index (χ3v) is 4.24. The van der Waals surface area contributed by atoms with Gasteiger partial charge in [0.15, 0.2) is 0 Å². The first-order valence-electron chi connectivity index (χ1n) is 5.45. The van der Waals surface area contributed by atoms with Crippen LogP contribution >= 0.6 is 34.5 Å². The van der Waals surface area contributed by atoms with Gasteiger partial charge < -0.3 is 5.32 Å². The van der Waals surface area contributed by atoms with Crippen LogP contribution in [0.15, 0.2) is 29.6 Å². The molecule has 0 saturated heterocycles. The predicted molar refractivity (Wildman–Crippen MR) is 77.2 cm³/mol. The molecule has 0 aliphatic heterocycles. The van der Waals surface area contributed by atoms with Crippen LogP contribution in [0.4, 0.5) is 0 Å². The topological polar surface area (TPSA) is 12.0 Å². The number of hydrogen-bond donors (Lipinski definition) is 1. The summed E-state index contributed by atoms with van der Waals surface area (Å²) in [7, 11) is 0. The van der Waals surface area contributed by atoms with Crippen LogP contribution in [0, 0.1) is 0 Å². The van der Waals surface area contributed by atoms with Crippen molar-refractivity contribution in [3.8, 4) is 10.4 Å². The lowest BCUT2D eigenvalue weighted by Crippen LogP contribution is -2.11. The Labute approximate surface area is 115 Å². The second-order valence-electron chi connectivity index (χ2n) is 3.68. The average molecular weight is 286 g/mol. The van der Waals surface area contributed by atoms with Gasteiger partial charge in [-0.2, -0.15) is 0 Å². The summed E-state index contributed by atoms with van der Waals surface area (Å²) in [5.41, 5.74) is 2.19. The molecule has 0 aliphatic carbocycles. The van der Waals surface area contributed by atoms with Crippen molar-refractivity contribution >= 4 is 34.5 Å². The average Bonchev–Trinajstić information content (AvgIpc) is 2.74. The van der Waals surface area contributed by atoms with Crippen molar-refractivity contribution in [2.45, 2.75) is 13.5 Å². The summed E-state index contributed by atoms with van der Waals surface area (Å²) in [5, 5.41) is 6.82. The highest BCUT2D eigenvalue weighted by molar-refractivity contribution is 7.14. The van der Waals surface area contributed by atoms with E-state index in [1.807, 2.05) is 17.5 Å². The maximum Gasteiger partial charge on any atom is 0.0592 e. The third-order valence-electron chi connectivity index (χ3n) is 2.50. The summed E-state index contributed by atoms with van der Waals surface area (Å²) in [6, 6.07) is 8.00. The summed E-state index contributed by atoms with van der Waals surface area (Å²) >= 11 is 14.0. The van der Waals surface area contributed by atoms with Gasteiger partial charge in [0.25, 0.3) is 0 Å². The smallest absolute Gasteiger partial charge is 0.0592 e. The molecule has 0 saturated carbocycles. The fraction of sp³-hybridized carbons (Fsp3) is 0.231. The minimum Gasteiger partial charge on any atom is -0.313 e. The molecule has 0 amide bonds. The lowest BCUT2D eigenvalue weighted by atomic mass is 10.1. The second kappa shape index (κ2) is 5.87. The molecule has 0 bridgehead atoms. The molecule has 1 aromatic heterocycles. The Kier molecular flexibility index (Phi) is 4.46. The fourth-order valence-corrected chi connectivity index (χ4v) is 3.00. The summed E-state index contributed by atoms with van der Waals surface area (Å²) in [5.74, 6) is 0. The van der Waals surface area contributed by atoms with Gasteiger partial charge in [-0.05, 0) is 35.2 Å². The predicted octanol–water partition coefficient (Wildman–Crippen LogP) is 4.83. The SMILES string of the molecule is CCNCc1ccc(-c2sccc2Cl)cc1Cl. The number of benzene rings is 1. The van der Waals surface area contributed by atoms with Crippen LogP contribution in [0.25, 0.3) is 10.4 Å². The van der Waals surface area contributed by atoms with Gasteiger partial charge in [0.2, 0.25) is 0 Å². The molecule has 0 aliphatic rings. The molecule has 1 nitrogen and oxygen atoms in total. The fourth-order valence-electron chi connectivity index (χ4n) is 1.59. The minimum absolute atomic E-state index is 0.783. The summed E-state index contributed by atoms with van der Waals surface area (Å²) in [4.78, 5) is 1.07. The van der Waals surface area contributed by atoms with Crippen molar-refractivity contribution in [1.29, 1.82) is 0 Å². The Morgan fingerprint density at radius 3 is 2.59 bits per heavy atom. The Balaban J connectivity index is 2.28. The highest BCUT2D eigenvalue weighted by atomic mass is 35.5. The Bertz CT molecular complexity index is 508. The first-order chi connectivity index (χ1) is 8.22. The molecule has 2 aromatic rings. The molecular formula is C13H13Cl2NS. The number of nitrogens with one attached hydrogen (secondary N) is 1. The molecule has 0 spiro atoms. The molecule has 0 radical (unpaired) electrons. The highest BCUT2D eigenvalue weighted by Gasteiger charge is 2.07. The monoisotopic (exact) mass is 285 g/mol. The molecule has 2 rings (SSSR count). The molecule has 1 aromatic carbocycles. The molecule has 0 fully saturated rings. The number of hydrogen-bond acceptors (Lipinski definition) is 2. The van der Waals surface area contributed by atoms with Crippen molar-refractivity contribution < 1.29 is 0 Å². The van der Waals surface area contributed by atoms with Crippen molar-refractivity contribution in [1.82, 2.24) is 5.32 Å². The first kappa shape index (κ1) is 12.9. The van der Waals surface area contributed by atoms with E-state index in [1.54, 1.807) is 11.3 Å². The van der Waals surface area contributed by atoms with E-state index < -0.39 is 0 Å². The van der Waals surface area contributed by atoms with Crippen LogP contribution in [-0.4, -0.2) is 6.54 Å². The maximum atomic E-state index is 6.26. The van der Waals surface area contributed by atoms with E-state index in [2.05, 4.69) is 24.4 Å². The summed E-state index contributed by atoms with van der Waals surface area (Å²) < 4.78 is 0. The lowest BCUT2D eigenvalue weighted by Gasteiger charge is -2.07. The van der Waals surface area contributed by atoms with Gasteiger partial charge in [0, 0.05) is 11.6 Å². The first-order valence-corrected chi connectivity index (χ1v) is 7.08. The molecule has 0 unspecified atom stereocenters. The van der Waals surface area contributed by atoms with Gasteiger partial charge in [-0.25, -0.2) is 0 Å². The number of thiophene rings is 1. The van der Waals surface area contributed by atoms with Crippen LogP contribution in [0.3, 0.4) is 0 Å². The Morgan fingerprint density at radius 2 is 2.00 bits per heavy atom. The Hall–Kier alpha value is -0.540. The quantitative estimate of drug-likeness (QED) is 0.848. The van der Waals surface area contributed by atoms with Crippen LogP contribution in [0.5, 0.6) is 0 Å². The lowest BCUT2D eigenvalue weighted by molar-refractivity contribution is 0.727. The van der Waals surface area contributed by atoms with Gasteiger partial charge in [0.1, 0.15) is 0 Å². The zero-order valence-electron chi connectivity index (χ0n) is 9.47. The molecule has 17 heavy (non-hydrogen) atoms. The van der Waals surface area contributed by atoms with Crippen LogP contribution in [0.1, 0.15) is 12.5 Å². The van der Waals surface area contributed by atoms with E-state index in [-0.39, 0.29) is 0 Å². The van der Waals surface area contributed by atoms with Crippen LogP contribution in [-0.2, 0) is 6.54 Å². The zero-order chi connectivity index (χ0) is 12.3. The van der Waals surface area contributed by atoms with E-state index in [9.17, 15) is 0 Å². The van der Waals surface area contributed by atoms with Crippen molar-refractivity contribution in [2.75, 3.05) is 6.54 Å². The maximum absolute atomic E-state index is 6.26. The molecule has 0 atom stereocenters. The van der Waals surface area contributed by atoms with Crippen molar-refractivity contribution in [2.24, 2.45) is 0 Å². The number of rotatable bonds is 4. The van der Waals surface area contributed by atoms with Gasteiger partial charge in [-0.15, -0.1) is 11.3 Å². The molecule has 1 N–H and O–H groups in total. The minimum atomic E-state index is 0.783. The van der Waals surface area contributed by atoms with Gasteiger partial charge in [0.05, 0.1) is 9.90 Å². The van der Waals surface area contributed by atoms with Gasteiger partial charge in [-0.1, -0.05) is 42.3 Å². The molecular weight excluding hydrogens is 273 g/mol. The van der Waals surface area contributed by atoms with Gasteiger partial charge >= 0.3 is 0 Å². The van der Waals surface area contributed by atoms with Gasteiger partial charge in [-0.3, -0.25) is 0 Å². The molecule has 90 valence electrons. The summed E-state index contributed by atoms with van der Waals surface area (Å²) in [6.07, 6.45) is 0. The molecule has 4 heteroatoms. The zero-order valence-corrected chi connectivity index (χ0v) is 11.8. The normalized spacial score (nSPS) is 10.8. The Morgan fingerprint density at radius 1 is 1.18 bits per heavy atom. The third kappa shape index (κ3) is 3.02. The van der Waals surface area contributed by atoms with E-state index in [0.717, 1.165) is 39.1 Å². The number of halogens is 2. The molecule has 1 heterocycles. The highest BCUT2D eigenvalue weighted by Crippen LogP contribution is 2.35. The van der Waals surface area contributed by atoms with Crippen LogP contribution < -0.4 is 5.32 Å². The van der Waals surface area contributed by atoms with Crippen LogP contribution in [0.2, 0.25) is 10.0 Å². The van der Waals surface area contributed by atoms with E-state index in [4.69, 9.17) is 23.2 Å². The van der Waals surface area contributed by atoms with Crippen molar-refractivity contribution in [3.63, 3.8) is 0 Å². The summed E-state index contributed by atoms with van der Waals surface area (Å²) in [6.45, 7) is 3.82. The largest absolute Gasteiger partial charge is 0.313 e. The van der Waals surface area contributed by atoms with E-state index in [1.165, 1.54) is 0 Å². The standard InChI is InChI=1S/C13H13Cl2NS/c1-2-16-8-10-4-3-9(7-12(10)15)13-11(14)5-6-17-13/h3-7,16H,2,8H2,1H3. The van der Waals surface area contributed by atoms with E-state index >= 15 is 0 Å². The second-order valence-corrected chi connectivity index (χ2v) is 5.41.